The van der Waals surface area contributed by atoms with Crippen molar-refractivity contribution in [1.29, 1.82) is 0 Å². The highest BCUT2D eigenvalue weighted by atomic mass is 35.5. The number of pyridine rings is 1. The van der Waals surface area contributed by atoms with Gasteiger partial charge >= 0.3 is 0 Å². The summed E-state index contributed by atoms with van der Waals surface area (Å²) in [6, 6.07) is 1.67. The Balaban J connectivity index is 1.96. The normalized spacial score (nSPS) is 24.7. The second kappa shape index (κ2) is 9.31. The predicted molar refractivity (Wildman–Crippen MR) is 117 cm³/mol. The molecule has 1 saturated carbocycles. The number of nitrogens with one attached hydrogen (secondary N) is 1. The fraction of sp³-hybridized carbons (Fsp3) is 0.348. The molecule has 3 unspecified atom stereocenters. The third kappa shape index (κ3) is 4.91. The first kappa shape index (κ1) is 21.2. The standard InChI is InChI=1S/C23H25ClFN3O/c1-4-6-17(28-23(29)18-12-21(18)25)10-16-9-15(11-20(24)22(16)26-3)19-13-27-8-7-14(19)5-2/h4,7-11,13,17-18,21H,1,5-6,12H2,2-3H3,(H,28,29)/b16-10-,26-22+. The largest absolute Gasteiger partial charge is 0.349 e. The summed E-state index contributed by atoms with van der Waals surface area (Å²) in [6.07, 6.45) is 11.8. The van der Waals surface area contributed by atoms with E-state index in [1.54, 1.807) is 19.3 Å². The smallest absolute Gasteiger partial charge is 0.226 e. The van der Waals surface area contributed by atoms with E-state index < -0.39 is 12.1 Å². The van der Waals surface area contributed by atoms with Crippen LogP contribution in [0.15, 0.2) is 64.9 Å². The maximum Gasteiger partial charge on any atom is 0.226 e. The van der Waals surface area contributed by atoms with Gasteiger partial charge in [0.15, 0.2) is 0 Å². The van der Waals surface area contributed by atoms with Crippen molar-refractivity contribution in [2.45, 2.75) is 38.4 Å². The summed E-state index contributed by atoms with van der Waals surface area (Å²) < 4.78 is 13.2. The van der Waals surface area contributed by atoms with E-state index in [1.807, 2.05) is 30.5 Å². The van der Waals surface area contributed by atoms with Crippen molar-refractivity contribution in [2.24, 2.45) is 10.9 Å². The van der Waals surface area contributed by atoms with E-state index in [4.69, 9.17) is 11.6 Å². The van der Waals surface area contributed by atoms with Crippen molar-refractivity contribution in [3.63, 3.8) is 0 Å². The van der Waals surface area contributed by atoms with Gasteiger partial charge < -0.3 is 5.32 Å². The molecule has 29 heavy (non-hydrogen) atoms. The van der Waals surface area contributed by atoms with Crippen LogP contribution in [-0.2, 0) is 11.2 Å². The van der Waals surface area contributed by atoms with Crippen LogP contribution in [-0.4, -0.2) is 35.9 Å². The number of allylic oxidation sites excluding steroid dienone is 5. The molecule has 1 aromatic rings. The molecule has 0 aromatic carbocycles. The Morgan fingerprint density at radius 3 is 2.90 bits per heavy atom. The van der Waals surface area contributed by atoms with Gasteiger partial charge in [0.1, 0.15) is 6.17 Å². The molecule has 0 aliphatic heterocycles. The molecule has 1 aromatic heterocycles. The number of aliphatic imine (C=N–C) groups is 1. The van der Waals surface area contributed by atoms with Gasteiger partial charge in [0, 0.05) is 25.0 Å². The number of amides is 1. The first-order valence-corrected chi connectivity index (χ1v) is 10.1. The summed E-state index contributed by atoms with van der Waals surface area (Å²) in [6.45, 7) is 5.86. The van der Waals surface area contributed by atoms with Gasteiger partial charge in [-0.2, -0.15) is 0 Å². The van der Waals surface area contributed by atoms with Gasteiger partial charge in [-0.3, -0.25) is 14.8 Å². The molecular formula is C23H25ClFN3O. The molecule has 0 spiro atoms. The topological polar surface area (TPSA) is 54.4 Å². The number of nitrogens with zero attached hydrogens (tertiary/aromatic N) is 2. The molecule has 0 bridgehead atoms. The number of hydrogen-bond donors (Lipinski definition) is 1. The van der Waals surface area contributed by atoms with E-state index in [2.05, 4.69) is 28.8 Å². The lowest BCUT2D eigenvalue weighted by Gasteiger charge is -2.20. The molecule has 3 atom stereocenters. The van der Waals surface area contributed by atoms with Gasteiger partial charge in [-0.15, -0.1) is 6.58 Å². The summed E-state index contributed by atoms with van der Waals surface area (Å²) in [5, 5.41) is 3.43. The molecule has 6 heteroatoms. The number of aromatic nitrogens is 1. The van der Waals surface area contributed by atoms with Crippen LogP contribution in [0, 0.1) is 5.92 Å². The molecule has 2 aliphatic rings. The minimum atomic E-state index is -1.03. The number of alkyl halides is 1. The highest BCUT2D eigenvalue weighted by Gasteiger charge is 2.44. The lowest BCUT2D eigenvalue weighted by Crippen LogP contribution is -2.35. The summed E-state index contributed by atoms with van der Waals surface area (Å²) >= 11 is 6.53. The van der Waals surface area contributed by atoms with Crippen molar-refractivity contribution < 1.29 is 9.18 Å². The van der Waals surface area contributed by atoms with Crippen LogP contribution in [0.2, 0.25) is 0 Å². The quantitative estimate of drug-likeness (QED) is 0.665. The van der Waals surface area contributed by atoms with Gasteiger partial charge in [-0.05, 0) is 54.2 Å². The Morgan fingerprint density at radius 1 is 1.52 bits per heavy atom. The Labute approximate surface area is 176 Å². The lowest BCUT2D eigenvalue weighted by molar-refractivity contribution is -0.123. The van der Waals surface area contributed by atoms with Gasteiger partial charge in [0.05, 0.1) is 22.7 Å². The Bertz CT molecular complexity index is 932. The van der Waals surface area contributed by atoms with E-state index in [9.17, 15) is 9.18 Å². The summed E-state index contributed by atoms with van der Waals surface area (Å²) in [7, 11) is 1.68. The molecule has 1 N–H and O–H groups in total. The molecular weight excluding hydrogens is 389 g/mol. The number of aryl methyl sites for hydroxylation is 1. The average molecular weight is 414 g/mol. The van der Waals surface area contributed by atoms with Crippen LogP contribution >= 0.6 is 11.6 Å². The van der Waals surface area contributed by atoms with Gasteiger partial charge in [-0.1, -0.05) is 30.7 Å². The molecule has 1 heterocycles. The number of carbonyl (C=O) groups excluding carboxylic acids is 1. The monoisotopic (exact) mass is 413 g/mol. The molecule has 0 saturated heterocycles. The fourth-order valence-electron chi connectivity index (χ4n) is 3.42. The SMILES string of the molecule is C=CCC(/C=C1/C=C(c2cnccc2CC)C=C(Cl)/C1=N/C)NC(=O)C1CC1F. The highest BCUT2D eigenvalue weighted by Crippen LogP contribution is 2.34. The minimum absolute atomic E-state index is 0.265. The lowest BCUT2D eigenvalue weighted by atomic mass is 9.91. The van der Waals surface area contributed by atoms with E-state index in [1.165, 1.54) is 5.56 Å². The molecule has 2 aliphatic carbocycles. The van der Waals surface area contributed by atoms with Gasteiger partial charge in [0.25, 0.3) is 0 Å². The van der Waals surface area contributed by atoms with E-state index in [-0.39, 0.29) is 11.9 Å². The van der Waals surface area contributed by atoms with Crippen LogP contribution in [0.4, 0.5) is 4.39 Å². The minimum Gasteiger partial charge on any atom is -0.349 e. The van der Waals surface area contributed by atoms with E-state index in [0.717, 1.165) is 23.1 Å². The molecule has 152 valence electrons. The number of carbonyl (C=O) groups is 1. The zero-order valence-electron chi connectivity index (χ0n) is 16.7. The molecule has 1 amide bonds. The van der Waals surface area contributed by atoms with E-state index >= 15 is 0 Å². The Hall–Kier alpha value is -2.53. The van der Waals surface area contributed by atoms with Crippen LogP contribution in [0.25, 0.3) is 5.57 Å². The van der Waals surface area contributed by atoms with Crippen molar-refractivity contribution in [1.82, 2.24) is 10.3 Å². The average Bonchev–Trinajstić information content (AvgIpc) is 3.44. The van der Waals surface area contributed by atoms with E-state index in [0.29, 0.717) is 23.6 Å². The molecule has 1 fully saturated rings. The number of hydrogen-bond acceptors (Lipinski definition) is 3. The summed E-state index contributed by atoms with van der Waals surface area (Å²) in [5.41, 5.74) is 4.57. The Kier molecular flexibility index (Phi) is 6.80. The zero-order valence-corrected chi connectivity index (χ0v) is 17.4. The first-order valence-electron chi connectivity index (χ1n) is 9.75. The van der Waals surface area contributed by atoms with Gasteiger partial charge in [-0.25, -0.2) is 4.39 Å². The second-order valence-corrected chi connectivity index (χ2v) is 7.58. The maximum absolute atomic E-state index is 13.2. The third-order valence-corrected chi connectivity index (χ3v) is 5.39. The number of rotatable bonds is 7. The summed E-state index contributed by atoms with van der Waals surface area (Å²) in [5.74, 6) is -0.804. The second-order valence-electron chi connectivity index (χ2n) is 7.17. The molecule has 0 radical (unpaired) electrons. The number of halogens is 2. The Morgan fingerprint density at radius 2 is 2.28 bits per heavy atom. The zero-order chi connectivity index (χ0) is 21.0. The van der Waals surface area contributed by atoms with Crippen LogP contribution in [0.3, 0.4) is 0 Å². The fourth-order valence-corrected chi connectivity index (χ4v) is 3.73. The first-order chi connectivity index (χ1) is 14.0. The third-order valence-electron chi connectivity index (χ3n) is 5.10. The van der Waals surface area contributed by atoms with Crippen LogP contribution < -0.4 is 5.32 Å². The van der Waals surface area contributed by atoms with Crippen LogP contribution in [0.1, 0.15) is 30.9 Å². The molecule has 3 rings (SSSR count). The van der Waals surface area contributed by atoms with Crippen molar-refractivity contribution in [3.8, 4) is 0 Å². The summed E-state index contributed by atoms with van der Waals surface area (Å²) in [4.78, 5) is 20.8. The highest BCUT2D eigenvalue weighted by molar-refractivity contribution is 6.48. The predicted octanol–water partition coefficient (Wildman–Crippen LogP) is 4.58. The van der Waals surface area contributed by atoms with Crippen LogP contribution in [0.5, 0.6) is 0 Å². The van der Waals surface area contributed by atoms with Crippen molar-refractivity contribution in [2.75, 3.05) is 7.05 Å². The van der Waals surface area contributed by atoms with Gasteiger partial charge in [0.2, 0.25) is 5.91 Å². The molecule has 4 nitrogen and oxygen atoms in total. The maximum atomic E-state index is 13.2. The van der Waals surface area contributed by atoms with Crippen molar-refractivity contribution in [3.05, 3.63) is 71.1 Å². The van der Waals surface area contributed by atoms with Crippen molar-refractivity contribution >= 4 is 28.8 Å².